The van der Waals surface area contributed by atoms with Crippen molar-refractivity contribution in [3.05, 3.63) is 23.2 Å². The minimum absolute atomic E-state index is 0.295. The Labute approximate surface area is 180 Å². The first-order valence-corrected chi connectivity index (χ1v) is 10.6. The third-order valence-corrected chi connectivity index (χ3v) is 5.11. The Bertz CT molecular complexity index is 643. The minimum atomic E-state index is 0.295. The Kier molecular flexibility index (Phi) is 9.25. The predicted molar refractivity (Wildman–Crippen MR) is 128 cm³/mol. The lowest BCUT2D eigenvalue weighted by atomic mass is 10.2. The van der Waals surface area contributed by atoms with E-state index in [2.05, 4.69) is 75.8 Å². The number of hydrogen-bond acceptors (Lipinski definition) is 2. The van der Waals surface area contributed by atoms with Crippen LogP contribution in [0.25, 0.3) is 0 Å². The van der Waals surface area contributed by atoms with Gasteiger partial charge in [-0.05, 0) is 98.0 Å². The van der Waals surface area contributed by atoms with Crippen LogP contribution in [0.15, 0.2) is 18.2 Å². The Morgan fingerprint density at radius 2 is 1.19 bits per heavy atom. The molecule has 2 N–H and O–H groups in total. The second-order valence-electron chi connectivity index (χ2n) is 7.74. The Balaban J connectivity index is 3.00. The molecule has 0 spiro atoms. The van der Waals surface area contributed by atoms with Crippen molar-refractivity contribution >= 4 is 57.6 Å². The Morgan fingerprint density at radius 1 is 0.778 bits per heavy atom. The van der Waals surface area contributed by atoms with Crippen molar-refractivity contribution in [1.29, 1.82) is 0 Å². The van der Waals surface area contributed by atoms with Gasteiger partial charge in [0.2, 0.25) is 0 Å². The van der Waals surface area contributed by atoms with Crippen molar-refractivity contribution in [2.45, 2.75) is 79.6 Å². The van der Waals surface area contributed by atoms with Gasteiger partial charge in [0.05, 0.1) is 10.7 Å². The summed E-state index contributed by atoms with van der Waals surface area (Å²) in [4.78, 5) is 4.32. The molecule has 0 saturated heterocycles. The molecule has 0 atom stereocenters. The molecule has 0 aliphatic rings. The molecule has 0 fully saturated rings. The van der Waals surface area contributed by atoms with Crippen LogP contribution in [-0.2, 0) is 0 Å². The fourth-order valence-corrected chi connectivity index (χ4v) is 4.43. The molecule has 1 rings (SSSR count). The second-order valence-corrected chi connectivity index (χ2v) is 8.93. The van der Waals surface area contributed by atoms with Gasteiger partial charge in [-0.15, -0.1) is 0 Å². The molecular weight excluding hydrogens is 396 g/mol. The van der Waals surface area contributed by atoms with Gasteiger partial charge >= 0.3 is 0 Å². The average molecular weight is 429 g/mol. The molecular formula is C20H33ClN4S2. The number of benzene rings is 1. The summed E-state index contributed by atoms with van der Waals surface area (Å²) in [7, 11) is 0. The van der Waals surface area contributed by atoms with E-state index < -0.39 is 0 Å². The van der Waals surface area contributed by atoms with Crippen LogP contribution in [-0.4, -0.2) is 44.2 Å². The van der Waals surface area contributed by atoms with E-state index in [1.54, 1.807) is 0 Å². The lowest BCUT2D eigenvalue weighted by molar-refractivity contribution is 0.296. The zero-order valence-corrected chi connectivity index (χ0v) is 20.0. The summed E-state index contributed by atoms with van der Waals surface area (Å²) in [5.74, 6) is 0. The van der Waals surface area contributed by atoms with E-state index >= 15 is 0 Å². The third-order valence-electron chi connectivity index (χ3n) is 4.15. The van der Waals surface area contributed by atoms with Crippen LogP contribution in [0, 0.1) is 0 Å². The van der Waals surface area contributed by atoms with E-state index in [-0.39, 0.29) is 0 Å². The van der Waals surface area contributed by atoms with E-state index in [1.807, 2.05) is 18.2 Å². The van der Waals surface area contributed by atoms with Gasteiger partial charge in [-0.2, -0.15) is 0 Å². The quantitative estimate of drug-likeness (QED) is 0.542. The Hall–Kier alpha value is -1.11. The van der Waals surface area contributed by atoms with Crippen molar-refractivity contribution in [3.63, 3.8) is 0 Å². The van der Waals surface area contributed by atoms with E-state index in [4.69, 9.17) is 36.0 Å². The summed E-state index contributed by atoms with van der Waals surface area (Å²) in [6, 6.07) is 6.93. The first-order valence-electron chi connectivity index (χ1n) is 9.43. The van der Waals surface area contributed by atoms with Crippen LogP contribution in [0.4, 0.5) is 11.4 Å². The van der Waals surface area contributed by atoms with E-state index in [0.29, 0.717) is 39.4 Å². The monoisotopic (exact) mass is 428 g/mol. The van der Waals surface area contributed by atoms with Crippen molar-refractivity contribution in [1.82, 2.24) is 9.80 Å². The van der Waals surface area contributed by atoms with Crippen LogP contribution in [0.2, 0.25) is 5.02 Å². The minimum Gasteiger partial charge on any atom is -0.344 e. The molecule has 7 heteroatoms. The van der Waals surface area contributed by atoms with E-state index in [9.17, 15) is 0 Å². The first-order chi connectivity index (χ1) is 12.5. The summed E-state index contributed by atoms with van der Waals surface area (Å²) < 4.78 is 0. The zero-order chi connectivity index (χ0) is 20.9. The summed E-state index contributed by atoms with van der Waals surface area (Å²) in [6.45, 7) is 17.0. The van der Waals surface area contributed by atoms with Crippen LogP contribution in [0.1, 0.15) is 55.4 Å². The number of halogens is 1. The largest absolute Gasteiger partial charge is 0.344 e. The highest BCUT2D eigenvalue weighted by atomic mass is 35.5. The molecule has 0 saturated carbocycles. The average Bonchev–Trinajstić information content (AvgIpc) is 2.48. The molecule has 0 aliphatic carbocycles. The number of nitrogens with one attached hydrogen (secondary N) is 2. The molecule has 152 valence electrons. The van der Waals surface area contributed by atoms with E-state index in [1.165, 1.54) is 0 Å². The first kappa shape index (κ1) is 23.9. The standard InChI is InChI=1S/C20H33ClN4S2/c1-12(2)24(13(3)4)19(26)22-16-9-10-17(21)18(11-16)23-20(27)25(14(5)6)15(7)8/h9-15H,1-8H3,(H,22,26)(H,23,27). The molecule has 0 radical (unpaired) electrons. The van der Waals surface area contributed by atoms with Gasteiger partial charge in [0.25, 0.3) is 0 Å². The molecule has 1 aromatic rings. The lowest BCUT2D eigenvalue weighted by Crippen LogP contribution is -2.44. The number of nitrogens with zero attached hydrogens (tertiary/aromatic N) is 2. The fraction of sp³-hybridized carbons (Fsp3) is 0.600. The maximum atomic E-state index is 6.39. The van der Waals surface area contributed by atoms with Gasteiger partial charge in [-0.25, -0.2) is 0 Å². The van der Waals surface area contributed by atoms with Gasteiger partial charge < -0.3 is 20.4 Å². The summed E-state index contributed by atoms with van der Waals surface area (Å²) in [6.07, 6.45) is 0. The number of anilines is 2. The number of rotatable bonds is 6. The molecule has 0 aromatic heterocycles. The third kappa shape index (κ3) is 6.77. The molecule has 27 heavy (non-hydrogen) atoms. The molecule has 0 bridgehead atoms. The van der Waals surface area contributed by atoms with Crippen LogP contribution < -0.4 is 10.6 Å². The normalized spacial score (nSPS) is 11.3. The van der Waals surface area contributed by atoms with Gasteiger partial charge in [0.15, 0.2) is 10.2 Å². The van der Waals surface area contributed by atoms with Gasteiger partial charge in [-0.1, -0.05) is 11.6 Å². The SMILES string of the molecule is CC(C)N(C(=S)Nc1ccc(Cl)c(NC(=S)N(C(C)C)C(C)C)c1)C(C)C. The van der Waals surface area contributed by atoms with Crippen molar-refractivity contribution in [2.24, 2.45) is 0 Å². The molecule has 0 heterocycles. The summed E-state index contributed by atoms with van der Waals surface area (Å²) in [5.41, 5.74) is 1.64. The van der Waals surface area contributed by atoms with Gasteiger partial charge in [0.1, 0.15) is 0 Å². The molecule has 1 aromatic carbocycles. The number of thiocarbonyl (C=S) groups is 2. The van der Waals surface area contributed by atoms with Crippen molar-refractivity contribution in [3.8, 4) is 0 Å². The van der Waals surface area contributed by atoms with Gasteiger partial charge in [0, 0.05) is 29.9 Å². The zero-order valence-electron chi connectivity index (χ0n) is 17.6. The van der Waals surface area contributed by atoms with E-state index in [0.717, 1.165) is 11.4 Å². The van der Waals surface area contributed by atoms with Crippen LogP contribution >= 0.6 is 36.0 Å². The topological polar surface area (TPSA) is 30.5 Å². The Morgan fingerprint density at radius 3 is 1.59 bits per heavy atom. The highest BCUT2D eigenvalue weighted by Gasteiger charge is 2.19. The predicted octanol–water partition coefficient (Wildman–Crippen LogP) is 5.97. The smallest absolute Gasteiger partial charge is 0.173 e. The second kappa shape index (κ2) is 10.4. The fourth-order valence-electron chi connectivity index (χ4n) is 3.20. The molecule has 0 aliphatic heterocycles. The summed E-state index contributed by atoms with van der Waals surface area (Å²) >= 11 is 17.6. The van der Waals surface area contributed by atoms with Gasteiger partial charge in [-0.3, -0.25) is 0 Å². The van der Waals surface area contributed by atoms with Crippen molar-refractivity contribution < 1.29 is 0 Å². The highest BCUT2D eigenvalue weighted by Crippen LogP contribution is 2.27. The highest BCUT2D eigenvalue weighted by molar-refractivity contribution is 7.80. The lowest BCUT2D eigenvalue weighted by Gasteiger charge is -2.34. The van der Waals surface area contributed by atoms with Crippen LogP contribution in [0.5, 0.6) is 0 Å². The van der Waals surface area contributed by atoms with Crippen LogP contribution in [0.3, 0.4) is 0 Å². The number of hydrogen-bond donors (Lipinski definition) is 2. The molecule has 0 unspecified atom stereocenters. The maximum Gasteiger partial charge on any atom is 0.173 e. The summed E-state index contributed by atoms with van der Waals surface area (Å²) in [5, 5.41) is 8.58. The molecule has 4 nitrogen and oxygen atoms in total. The van der Waals surface area contributed by atoms with Crippen molar-refractivity contribution in [2.75, 3.05) is 10.6 Å². The molecule has 0 amide bonds. The maximum absolute atomic E-state index is 6.39.